The molecule has 0 amide bonds. The average Bonchev–Trinajstić information content (AvgIpc) is 2.77. The molecular formula is C26H20S2. The second-order valence-electron chi connectivity index (χ2n) is 6.99. The van der Waals surface area contributed by atoms with Crippen LogP contribution in [0.4, 0.5) is 0 Å². The predicted octanol–water partition coefficient (Wildman–Crippen LogP) is 7.92. The van der Waals surface area contributed by atoms with E-state index in [1.54, 1.807) is 0 Å². The molecule has 0 N–H and O–H groups in total. The summed E-state index contributed by atoms with van der Waals surface area (Å²) in [6.07, 6.45) is 0. The van der Waals surface area contributed by atoms with E-state index in [1.165, 1.54) is 43.2 Å². The minimum Gasteiger partial charge on any atom is -0.121 e. The molecule has 6 bridgehead atoms. The minimum absolute atomic E-state index is 1.00. The fraction of sp³-hybridized carbons (Fsp3) is 0.0769. The van der Waals surface area contributed by atoms with E-state index in [-0.39, 0.29) is 0 Å². The third-order valence-electron chi connectivity index (χ3n) is 5.09. The van der Waals surface area contributed by atoms with E-state index in [2.05, 4.69) is 97.1 Å². The summed E-state index contributed by atoms with van der Waals surface area (Å²) in [7, 11) is 0. The number of thioether (sulfide) groups is 2. The molecule has 0 saturated carbocycles. The van der Waals surface area contributed by atoms with E-state index < -0.39 is 0 Å². The summed E-state index contributed by atoms with van der Waals surface area (Å²) in [4.78, 5) is 2.62. The molecule has 0 unspecified atom stereocenters. The van der Waals surface area contributed by atoms with Crippen molar-refractivity contribution >= 4 is 23.5 Å². The van der Waals surface area contributed by atoms with Crippen LogP contribution < -0.4 is 0 Å². The number of hydrogen-bond donors (Lipinski definition) is 0. The molecule has 0 aliphatic carbocycles. The summed E-state index contributed by atoms with van der Waals surface area (Å²) in [5, 5.41) is 0. The Balaban J connectivity index is 1.60. The molecule has 0 aromatic heterocycles. The molecule has 8 rings (SSSR count). The van der Waals surface area contributed by atoms with Gasteiger partial charge in [0.1, 0.15) is 0 Å². The molecular weight excluding hydrogens is 376 g/mol. The lowest BCUT2D eigenvalue weighted by molar-refractivity contribution is 1.32. The van der Waals surface area contributed by atoms with Crippen molar-refractivity contribution < 1.29 is 0 Å². The summed E-state index contributed by atoms with van der Waals surface area (Å²) in [5.74, 6) is 2.01. The zero-order valence-corrected chi connectivity index (χ0v) is 17.1. The van der Waals surface area contributed by atoms with Gasteiger partial charge in [-0.15, -0.1) is 23.5 Å². The van der Waals surface area contributed by atoms with E-state index >= 15 is 0 Å². The first-order chi connectivity index (χ1) is 13.8. The molecule has 28 heavy (non-hydrogen) atoms. The van der Waals surface area contributed by atoms with Crippen LogP contribution in [0.3, 0.4) is 0 Å². The minimum atomic E-state index is 1.00. The van der Waals surface area contributed by atoms with Crippen LogP contribution in [0.15, 0.2) is 107 Å². The van der Waals surface area contributed by atoms with Crippen LogP contribution in [0, 0.1) is 0 Å². The molecule has 0 spiro atoms. The van der Waals surface area contributed by atoms with Crippen molar-refractivity contribution in [1.82, 2.24) is 0 Å². The maximum Gasteiger partial charge on any atom is 0.0231 e. The van der Waals surface area contributed by atoms with E-state index in [1.807, 2.05) is 23.5 Å². The SMILES string of the molecule is c1ccc2c(c1)-c1ccc(cc1)SCc1ccc(cc1)CSc1ccc-2cc1. The summed E-state index contributed by atoms with van der Waals surface area (Å²) < 4.78 is 0. The molecule has 0 atom stereocenters. The van der Waals surface area contributed by atoms with Crippen molar-refractivity contribution in [2.24, 2.45) is 0 Å². The lowest BCUT2D eigenvalue weighted by atomic mass is 9.95. The van der Waals surface area contributed by atoms with Crippen LogP contribution in [0.2, 0.25) is 0 Å². The fourth-order valence-corrected chi connectivity index (χ4v) is 5.22. The Hall–Kier alpha value is -2.42. The predicted molar refractivity (Wildman–Crippen MR) is 123 cm³/mol. The first-order valence-electron chi connectivity index (χ1n) is 9.48. The van der Waals surface area contributed by atoms with Crippen molar-refractivity contribution in [2.45, 2.75) is 21.3 Å². The first kappa shape index (κ1) is 17.7. The monoisotopic (exact) mass is 396 g/mol. The van der Waals surface area contributed by atoms with Crippen molar-refractivity contribution in [3.05, 3.63) is 108 Å². The summed E-state index contributed by atoms with van der Waals surface area (Å²) in [6.45, 7) is 0. The molecule has 4 aliphatic heterocycles. The van der Waals surface area contributed by atoms with Crippen LogP contribution in [0.1, 0.15) is 11.1 Å². The van der Waals surface area contributed by atoms with Gasteiger partial charge in [0, 0.05) is 21.3 Å². The lowest BCUT2D eigenvalue weighted by Crippen LogP contribution is -1.87. The largest absolute Gasteiger partial charge is 0.121 e. The fourth-order valence-electron chi connectivity index (χ4n) is 3.51. The zero-order chi connectivity index (χ0) is 18.8. The molecule has 0 radical (unpaired) electrons. The third kappa shape index (κ3) is 3.76. The smallest absolute Gasteiger partial charge is 0.0231 e. The van der Waals surface area contributed by atoms with E-state index in [0.29, 0.717) is 0 Å². The molecule has 4 aliphatic rings. The molecule has 0 saturated heterocycles. The highest BCUT2D eigenvalue weighted by Gasteiger charge is 2.08. The number of benzene rings is 4. The normalized spacial score (nSPS) is 13.1. The maximum absolute atomic E-state index is 2.26. The highest BCUT2D eigenvalue weighted by atomic mass is 32.2. The van der Waals surface area contributed by atoms with E-state index in [4.69, 9.17) is 0 Å². The highest BCUT2D eigenvalue weighted by Crippen LogP contribution is 2.35. The van der Waals surface area contributed by atoms with E-state index in [0.717, 1.165) is 11.5 Å². The van der Waals surface area contributed by atoms with Crippen LogP contribution >= 0.6 is 23.5 Å². The van der Waals surface area contributed by atoms with Gasteiger partial charge in [-0.3, -0.25) is 0 Å². The second kappa shape index (κ2) is 7.90. The molecule has 2 heteroatoms. The number of rotatable bonds is 0. The van der Waals surface area contributed by atoms with Crippen molar-refractivity contribution in [3.63, 3.8) is 0 Å². The van der Waals surface area contributed by atoms with Gasteiger partial charge >= 0.3 is 0 Å². The molecule has 4 heterocycles. The van der Waals surface area contributed by atoms with Crippen molar-refractivity contribution in [3.8, 4) is 22.3 Å². The number of fused-ring (bicyclic) bond motifs is 3. The topological polar surface area (TPSA) is 0 Å². The Kier molecular flexibility index (Phi) is 4.99. The maximum atomic E-state index is 2.26. The summed E-state index contributed by atoms with van der Waals surface area (Å²) in [6, 6.07) is 35.7. The molecule has 136 valence electrons. The molecule has 0 nitrogen and oxygen atoms in total. The first-order valence-corrected chi connectivity index (χ1v) is 11.5. The van der Waals surface area contributed by atoms with Gasteiger partial charge in [0.25, 0.3) is 0 Å². The van der Waals surface area contributed by atoms with Gasteiger partial charge in [-0.25, -0.2) is 0 Å². The van der Waals surface area contributed by atoms with Gasteiger partial charge < -0.3 is 0 Å². The van der Waals surface area contributed by atoms with Gasteiger partial charge in [0.15, 0.2) is 0 Å². The summed E-state index contributed by atoms with van der Waals surface area (Å²) >= 11 is 3.79. The van der Waals surface area contributed by atoms with Gasteiger partial charge in [-0.1, -0.05) is 72.8 Å². The lowest BCUT2D eigenvalue weighted by Gasteiger charge is -2.12. The van der Waals surface area contributed by atoms with Crippen molar-refractivity contribution in [1.29, 1.82) is 0 Å². The van der Waals surface area contributed by atoms with E-state index in [9.17, 15) is 0 Å². The van der Waals surface area contributed by atoms with Crippen LogP contribution in [-0.4, -0.2) is 0 Å². The third-order valence-corrected chi connectivity index (χ3v) is 7.26. The average molecular weight is 397 g/mol. The van der Waals surface area contributed by atoms with Crippen LogP contribution in [-0.2, 0) is 11.5 Å². The molecule has 4 aromatic rings. The standard InChI is InChI=1S/C26H20S2/c1-2-4-26-22-11-15-24(16-12-22)28-18-20-7-5-19(6-8-20)17-27-23-13-9-21(10-14-23)25(26)3-1/h1-16H,17-18H2. The van der Waals surface area contributed by atoms with Gasteiger partial charge in [-0.05, 0) is 57.6 Å². The molecule has 0 fully saturated rings. The Morgan fingerprint density at radius 1 is 0.429 bits per heavy atom. The number of hydrogen-bond acceptors (Lipinski definition) is 2. The summed E-state index contributed by atoms with van der Waals surface area (Å²) in [5.41, 5.74) is 7.86. The van der Waals surface area contributed by atoms with Gasteiger partial charge in [-0.2, -0.15) is 0 Å². The zero-order valence-electron chi connectivity index (χ0n) is 15.5. The quantitative estimate of drug-likeness (QED) is 0.296. The highest BCUT2D eigenvalue weighted by molar-refractivity contribution is 7.98. The van der Waals surface area contributed by atoms with Gasteiger partial charge in [0.2, 0.25) is 0 Å². The second-order valence-corrected chi connectivity index (χ2v) is 9.09. The molecule has 4 aromatic carbocycles. The van der Waals surface area contributed by atoms with Crippen LogP contribution in [0.25, 0.3) is 22.3 Å². The Labute approximate surface area is 175 Å². The Bertz CT molecular complexity index is 989. The van der Waals surface area contributed by atoms with Gasteiger partial charge in [0.05, 0.1) is 0 Å². The van der Waals surface area contributed by atoms with Crippen molar-refractivity contribution in [2.75, 3.05) is 0 Å². The van der Waals surface area contributed by atoms with Crippen LogP contribution in [0.5, 0.6) is 0 Å². The Morgan fingerprint density at radius 3 is 1.21 bits per heavy atom. The Morgan fingerprint density at radius 2 is 0.821 bits per heavy atom.